The zero-order valence-electron chi connectivity index (χ0n) is 8.94. The van der Waals surface area contributed by atoms with Crippen LogP contribution in [-0.2, 0) is 16.1 Å². The van der Waals surface area contributed by atoms with E-state index in [9.17, 15) is 23.1 Å². The summed E-state index contributed by atoms with van der Waals surface area (Å²) in [5.74, 6) is -2.27. The van der Waals surface area contributed by atoms with Crippen LogP contribution in [0.2, 0.25) is 0 Å². The summed E-state index contributed by atoms with van der Waals surface area (Å²) in [6.45, 7) is 0. The first-order valence-corrected chi connectivity index (χ1v) is 5.02. The molecule has 0 saturated carbocycles. The maximum Gasteiger partial charge on any atom is 0.417 e. The molecule has 6 heteroatoms. The monoisotopic (exact) mass is 254 g/mol. The maximum absolute atomic E-state index is 12.3. The van der Waals surface area contributed by atoms with Crippen molar-refractivity contribution < 1.29 is 23.1 Å². The molecule has 1 aliphatic rings. The predicted molar refractivity (Wildman–Crippen MR) is 54.9 cm³/mol. The number of ketones is 1. The summed E-state index contributed by atoms with van der Waals surface area (Å²) >= 11 is 0. The summed E-state index contributed by atoms with van der Waals surface area (Å²) < 4.78 is 37.0. The number of carbonyl (C=O) groups excluding carboxylic acids is 1. The second-order valence-electron chi connectivity index (χ2n) is 3.73. The number of aromatic nitrogens is 1. The van der Waals surface area contributed by atoms with Gasteiger partial charge < -0.3 is 0 Å². The molecule has 2 rings (SSSR count). The molecule has 1 radical (unpaired) electrons. The van der Waals surface area contributed by atoms with Gasteiger partial charge in [-0.3, -0.25) is 14.9 Å². The molecule has 1 aromatic rings. The Hall–Kier alpha value is -2.11. The Morgan fingerprint density at radius 3 is 2.50 bits per heavy atom. The molecule has 1 unspecified atom stereocenters. The summed E-state index contributed by atoms with van der Waals surface area (Å²) in [6.07, 6.45) is 0.122. The number of hydrogen-bond donors (Lipinski definition) is 0. The lowest BCUT2D eigenvalue weighted by atomic mass is 9.94. The van der Waals surface area contributed by atoms with Crippen molar-refractivity contribution in [2.24, 2.45) is 0 Å². The molecule has 93 valence electrons. The fourth-order valence-electron chi connectivity index (χ4n) is 1.57. The Kier molecular flexibility index (Phi) is 2.94. The second-order valence-corrected chi connectivity index (χ2v) is 3.73. The van der Waals surface area contributed by atoms with Gasteiger partial charge in [0.2, 0.25) is 11.5 Å². The van der Waals surface area contributed by atoms with Gasteiger partial charge in [0.05, 0.1) is 17.2 Å². The number of nitrogens with zero attached hydrogens (tertiary/aromatic N) is 1. The summed E-state index contributed by atoms with van der Waals surface area (Å²) in [5, 5.41) is 11.1. The Balaban J connectivity index is 2.29. The van der Waals surface area contributed by atoms with E-state index in [0.717, 1.165) is 18.2 Å². The summed E-state index contributed by atoms with van der Waals surface area (Å²) in [5.41, 5.74) is -0.762. The molecule has 1 atom stereocenters. The number of halogens is 3. The van der Waals surface area contributed by atoms with E-state index in [0.29, 0.717) is 6.20 Å². The van der Waals surface area contributed by atoms with Gasteiger partial charge in [0, 0.05) is 6.20 Å². The molecule has 0 aliphatic heterocycles. The highest BCUT2D eigenvalue weighted by Gasteiger charge is 2.32. The molecule has 1 heterocycles. The van der Waals surface area contributed by atoms with Gasteiger partial charge in [-0.25, -0.2) is 0 Å². The lowest BCUT2D eigenvalue weighted by Gasteiger charge is -2.13. The average molecular weight is 254 g/mol. The SMILES string of the molecule is [O]C1=CC=CC(c2ccc(C(F)(F)F)cn2)C1=O. The molecule has 3 nitrogen and oxygen atoms in total. The van der Waals surface area contributed by atoms with Gasteiger partial charge in [-0.1, -0.05) is 12.2 Å². The lowest BCUT2D eigenvalue weighted by molar-refractivity contribution is -0.137. The largest absolute Gasteiger partial charge is 0.417 e. The van der Waals surface area contributed by atoms with E-state index in [4.69, 9.17) is 0 Å². The number of alkyl halides is 3. The molecule has 0 aromatic carbocycles. The van der Waals surface area contributed by atoms with Crippen molar-refractivity contribution >= 4 is 5.78 Å². The highest BCUT2D eigenvalue weighted by Crippen LogP contribution is 2.30. The number of carbonyl (C=O) groups is 1. The van der Waals surface area contributed by atoms with Gasteiger partial charge in [-0.2, -0.15) is 13.2 Å². The molecule has 1 aromatic heterocycles. The van der Waals surface area contributed by atoms with Crippen LogP contribution < -0.4 is 0 Å². The second kappa shape index (κ2) is 4.29. The molecule has 0 amide bonds. The molecule has 18 heavy (non-hydrogen) atoms. The van der Waals surface area contributed by atoms with E-state index in [-0.39, 0.29) is 5.69 Å². The molecular formula is C12H7F3NO2. The maximum atomic E-state index is 12.3. The number of allylic oxidation sites excluding steroid dienone is 4. The van der Waals surface area contributed by atoms with Crippen molar-refractivity contribution in [3.63, 3.8) is 0 Å². The lowest BCUT2D eigenvalue weighted by Crippen LogP contribution is -2.16. The first-order valence-electron chi connectivity index (χ1n) is 5.02. The van der Waals surface area contributed by atoms with Crippen LogP contribution in [-0.4, -0.2) is 10.8 Å². The van der Waals surface area contributed by atoms with Crippen LogP contribution in [0.25, 0.3) is 0 Å². The van der Waals surface area contributed by atoms with E-state index in [1.54, 1.807) is 0 Å². The van der Waals surface area contributed by atoms with Gasteiger partial charge in [-0.05, 0) is 18.2 Å². The minimum atomic E-state index is -4.47. The fraction of sp³-hybridized carbons (Fsp3) is 0.167. The molecule has 0 bridgehead atoms. The van der Waals surface area contributed by atoms with Gasteiger partial charge in [0.1, 0.15) is 0 Å². The van der Waals surface area contributed by atoms with Crippen LogP contribution in [0.3, 0.4) is 0 Å². The van der Waals surface area contributed by atoms with Crippen molar-refractivity contribution in [1.29, 1.82) is 0 Å². The standard InChI is InChI=1S/C12H7F3NO2/c13-12(14,15)7-4-5-9(16-6-7)8-2-1-3-10(17)11(8)18/h1-6,8H. The zero-order valence-corrected chi connectivity index (χ0v) is 8.94. The van der Waals surface area contributed by atoms with E-state index in [1.165, 1.54) is 12.2 Å². The van der Waals surface area contributed by atoms with Crippen molar-refractivity contribution in [1.82, 2.24) is 4.98 Å². The average Bonchev–Trinajstić information content (AvgIpc) is 2.32. The first-order chi connectivity index (χ1) is 8.39. The quantitative estimate of drug-likeness (QED) is 0.773. The van der Waals surface area contributed by atoms with Crippen LogP contribution in [0.1, 0.15) is 17.2 Å². The predicted octanol–water partition coefficient (Wildman–Crippen LogP) is 2.64. The van der Waals surface area contributed by atoms with E-state index < -0.39 is 29.2 Å². The smallest absolute Gasteiger partial charge is 0.289 e. The summed E-state index contributed by atoms with van der Waals surface area (Å²) in [7, 11) is 0. The number of Topliss-reactive ketones (excluding diaryl/α,β-unsaturated/α-hetero) is 1. The minimum absolute atomic E-state index is 0.130. The van der Waals surface area contributed by atoms with Crippen molar-refractivity contribution in [3.05, 3.63) is 53.6 Å². The van der Waals surface area contributed by atoms with Crippen LogP contribution in [0.4, 0.5) is 13.2 Å². The Morgan fingerprint density at radius 2 is 1.94 bits per heavy atom. The van der Waals surface area contributed by atoms with E-state index >= 15 is 0 Å². The molecule has 0 saturated heterocycles. The Labute approximate surface area is 100 Å². The third kappa shape index (κ3) is 2.27. The number of pyridine rings is 1. The highest BCUT2D eigenvalue weighted by molar-refractivity contribution is 6.00. The third-order valence-electron chi connectivity index (χ3n) is 2.51. The summed E-state index contributed by atoms with van der Waals surface area (Å²) in [6, 6.07) is 1.95. The van der Waals surface area contributed by atoms with E-state index in [2.05, 4.69) is 4.98 Å². The normalized spacial score (nSPS) is 19.8. The highest BCUT2D eigenvalue weighted by atomic mass is 19.4. The molecule has 0 N–H and O–H groups in total. The van der Waals surface area contributed by atoms with Crippen molar-refractivity contribution in [2.75, 3.05) is 0 Å². The van der Waals surface area contributed by atoms with Gasteiger partial charge in [0.25, 0.3) is 0 Å². The number of rotatable bonds is 1. The Morgan fingerprint density at radius 1 is 1.22 bits per heavy atom. The van der Waals surface area contributed by atoms with Crippen molar-refractivity contribution in [2.45, 2.75) is 12.1 Å². The van der Waals surface area contributed by atoms with Crippen LogP contribution >= 0.6 is 0 Å². The third-order valence-corrected chi connectivity index (χ3v) is 2.51. The van der Waals surface area contributed by atoms with Gasteiger partial charge >= 0.3 is 6.18 Å². The molecule has 0 fully saturated rings. The summed E-state index contributed by atoms with van der Waals surface area (Å²) in [4.78, 5) is 15.1. The van der Waals surface area contributed by atoms with E-state index in [1.807, 2.05) is 0 Å². The molecule has 0 spiro atoms. The van der Waals surface area contributed by atoms with Gasteiger partial charge in [0.15, 0.2) is 0 Å². The number of hydrogen-bond acceptors (Lipinski definition) is 2. The first kappa shape index (κ1) is 12.3. The van der Waals surface area contributed by atoms with Crippen LogP contribution in [0, 0.1) is 0 Å². The molecule has 1 aliphatic carbocycles. The van der Waals surface area contributed by atoms with Crippen molar-refractivity contribution in [3.8, 4) is 0 Å². The van der Waals surface area contributed by atoms with Crippen LogP contribution in [0.15, 0.2) is 42.3 Å². The van der Waals surface area contributed by atoms with Gasteiger partial charge in [-0.15, -0.1) is 0 Å². The van der Waals surface area contributed by atoms with Crippen LogP contribution in [0.5, 0.6) is 0 Å². The topological polar surface area (TPSA) is 49.9 Å². The minimum Gasteiger partial charge on any atom is -0.289 e. The Bertz CT molecular complexity index is 529. The zero-order chi connectivity index (χ0) is 13.3. The fourth-order valence-corrected chi connectivity index (χ4v) is 1.57. The molecular weight excluding hydrogens is 247 g/mol.